The number of hydrazone groups is 1. The average molecular weight is 405 g/mol. The molecule has 2 aromatic rings. The van der Waals surface area contributed by atoms with Crippen molar-refractivity contribution in [1.82, 2.24) is 4.98 Å². The molecule has 0 atom stereocenters. The molecule has 0 aliphatic rings. The van der Waals surface area contributed by atoms with Crippen LogP contribution in [0.2, 0.25) is 0 Å². The number of carbonyl (C=O) groups is 2. The van der Waals surface area contributed by atoms with Crippen LogP contribution in [0.25, 0.3) is 0 Å². The van der Waals surface area contributed by atoms with Crippen molar-refractivity contribution in [1.29, 1.82) is 0 Å². The zero-order chi connectivity index (χ0) is 20.4. The standard InChI is InChI=1S/C19H23N3O5S/c1-4-25-17(23)9-15-12-28-19(21-15)22-20-10-14-5-7-16(8-6-14)26-11-18(24)27-13(2)3/h5-8,10,12-13H,4,9,11H2,1-3H3,(H,21,22). The van der Waals surface area contributed by atoms with Gasteiger partial charge in [0, 0.05) is 5.38 Å². The van der Waals surface area contributed by atoms with E-state index in [0.29, 0.717) is 23.2 Å². The van der Waals surface area contributed by atoms with Crippen molar-refractivity contribution in [3.63, 3.8) is 0 Å². The van der Waals surface area contributed by atoms with E-state index in [4.69, 9.17) is 14.2 Å². The van der Waals surface area contributed by atoms with Gasteiger partial charge >= 0.3 is 11.9 Å². The van der Waals surface area contributed by atoms with Crippen LogP contribution in [0.3, 0.4) is 0 Å². The molecule has 0 aliphatic heterocycles. The van der Waals surface area contributed by atoms with Crippen molar-refractivity contribution in [3.05, 3.63) is 40.9 Å². The molecule has 2 rings (SSSR count). The summed E-state index contributed by atoms with van der Waals surface area (Å²) in [5.74, 6) is -0.146. The fourth-order valence-electron chi connectivity index (χ4n) is 2.05. The molecule has 8 nitrogen and oxygen atoms in total. The minimum Gasteiger partial charge on any atom is -0.482 e. The second-order valence-corrected chi connectivity index (χ2v) is 6.75. The van der Waals surface area contributed by atoms with Gasteiger partial charge in [-0.25, -0.2) is 9.78 Å². The molecule has 28 heavy (non-hydrogen) atoms. The number of nitrogens with zero attached hydrogens (tertiary/aromatic N) is 2. The summed E-state index contributed by atoms with van der Waals surface area (Å²) < 4.78 is 15.3. The minimum absolute atomic E-state index is 0.134. The van der Waals surface area contributed by atoms with Crippen molar-refractivity contribution in [2.24, 2.45) is 5.10 Å². The third kappa shape index (κ3) is 7.75. The van der Waals surface area contributed by atoms with E-state index in [9.17, 15) is 9.59 Å². The molecule has 1 aromatic carbocycles. The summed E-state index contributed by atoms with van der Waals surface area (Å²) in [4.78, 5) is 27.2. The molecule has 0 aliphatic carbocycles. The van der Waals surface area contributed by atoms with Crippen molar-refractivity contribution in [3.8, 4) is 5.75 Å². The van der Waals surface area contributed by atoms with Crippen LogP contribution in [0.5, 0.6) is 5.75 Å². The van der Waals surface area contributed by atoms with Gasteiger partial charge in [-0.1, -0.05) is 0 Å². The molecule has 0 unspecified atom stereocenters. The van der Waals surface area contributed by atoms with Crippen LogP contribution in [-0.4, -0.2) is 42.5 Å². The van der Waals surface area contributed by atoms with Crippen molar-refractivity contribution < 1.29 is 23.8 Å². The predicted octanol–water partition coefficient (Wildman–Crippen LogP) is 3.03. The minimum atomic E-state index is -0.407. The van der Waals surface area contributed by atoms with Gasteiger partial charge in [0.1, 0.15) is 5.75 Å². The van der Waals surface area contributed by atoms with Crippen molar-refractivity contribution in [2.75, 3.05) is 18.6 Å². The molecule has 9 heteroatoms. The number of nitrogens with one attached hydrogen (secondary N) is 1. The number of aromatic nitrogens is 1. The lowest BCUT2D eigenvalue weighted by atomic mass is 10.2. The Morgan fingerprint density at radius 3 is 2.68 bits per heavy atom. The Balaban J connectivity index is 1.79. The van der Waals surface area contributed by atoms with Gasteiger partial charge in [-0.3, -0.25) is 10.2 Å². The summed E-state index contributed by atoms with van der Waals surface area (Å²) in [6, 6.07) is 7.10. The largest absolute Gasteiger partial charge is 0.482 e. The number of rotatable bonds is 10. The zero-order valence-electron chi connectivity index (χ0n) is 16.0. The second-order valence-electron chi connectivity index (χ2n) is 5.89. The van der Waals surface area contributed by atoms with Gasteiger partial charge < -0.3 is 14.2 Å². The summed E-state index contributed by atoms with van der Waals surface area (Å²) >= 11 is 1.35. The van der Waals surface area contributed by atoms with E-state index in [1.807, 2.05) is 12.1 Å². The Kier molecular flexibility index (Phi) is 8.41. The predicted molar refractivity (Wildman–Crippen MR) is 107 cm³/mol. The maximum atomic E-state index is 11.5. The normalized spacial score (nSPS) is 10.9. The molecule has 0 amide bonds. The number of hydrogen-bond donors (Lipinski definition) is 1. The first-order chi connectivity index (χ1) is 13.5. The molecule has 0 bridgehead atoms. The summed E-state index contributed by atoms with van der Waals surface area (Å²) in [6.45, 7) is 5.55. The van der Waals surface area contributed by atoms with Gasteiger partial charge in [0.25, 0.3) is 0 Å². The molecule has 1 heterocycles. The Bertz CT molecular complexity index is 802. The molecule has 1 aromatic heterocycles. The molecule has 150 valence electrons. The van der Waals surface area contributed by atoms with E-state index in [-0.39, 0.29) is 25.1 Å². The Morgan fingerprint density at radius 2 is 2.00 bits per heavy atom. The van der Waals surface area contributed by atoms with Crippen molar-refractivity contribution in [2.45, 2.75) is 33.3 Å². The molecule has 0 fully saturated rings. The van der Waals surface area contributed by atoms with Gasteiger partial charge in [-0.15, -0.1) is 11.3 Å². The Hall–Kier alpha value is -2.94. The number of thiazole rings is 1. The van der Waals surface area contributed by atoms with E-state index in [1.165, 1.54) is 11.3 Å². The van der Waals surface area contributed by atoms with Crippen LogP contribution in [0.1, 0.15) is 32.0 Å². The van der Waals surface area contributed by atoms with Crippen LogP contribution in [0.4, 0.5) is 5.13 Å². The van der Waals surface area contributed by atoms with Gasteiger partial charge in [-0.05, 0) is 50.6 Å². The van der Waals surface area contributed by atoms with E-state index in [1.54, 1.807) is 44.5 Å². The Morgan fingerprint density at radius 1 is 1.25 bits per heavy atom. The average Bonchev–Trinajstić information content (AvgIpc) is 3.08. The molecular formula is C19H23N3O5S. The van der Waals surface area contributed by atoms with E-state index >= 15 is 0 Å². The summed E-state index contributed by atoms with van der Waals surface area (Å²) in [6.07, 6.45) is 1.60. The molecule has 1 N–H and O–H groups in total. The number of esters is 2. The van der Waals surface area contributed by atoms with Crippen molar-refractivity contribution >= 4 is 34.6 Å². The highest BCUT2D eigenvalue weighted by Gasteiger charge is 2.08. The quantitative estimate of drug-likeness (QED) is 0.368. The van der Waals surface area contributed by atoms with Gasteiger partial charge in [-0.2, -0.15) is 5.10 Å². The third-order valence-electron chi connectivity index (χ3n) is 3.16. The topological polar surface area (TPSA) is 99.1 Å². The van der Waals surface area contributed by atoms with Crippen LogP contribution in [-0.2, 0) is 25.5 Å². The maximum absolute atomic E-state index is 11.5. The van der Waals surface area contributed by atoms with E-state index in [2.05, 4.69) is 15.5 Å². The molecule has 0 saturated heterocycles. The van der Waals surface area contributed by atoms with Crippen LogP contribution < -0.4 is 10.2 Å². The lowest BCUT2D eigenvalue weighted by Gasteiger charge is -2.09. The van der Waals surface area contributed by atoms with Crippen LogP contribution >= 0.6 is 11.3 Å². The van der Waals surface area contributed by atoms with Crippen LogP contribution in [0.15, 0.2) is 34.7 Å². The number of hydrogen-bond acceptors (Lipinski definition) is 9. The summed E-state index contributed by atoms with van der Waals surface area (Å²) in [5, 5.41) is 6.48. The summed E-state index contributed by atoms with van der Waals surface area (Å²) in [7, 11) is 0. The summed E-state index contributed by atoms with van der Waals surface area (Å²) in [5.41, 5.74) is 4.30. The smallest absolute Gasteiger partial charge is 0.344 e. The SMILES string of the molecule is CCOC(=O)Cc1csc(NN=Cc2ccc(OCC(=O)OC(C)C)cc2)n1. The molecule has 0 spiro atoms. The lowest BCUT2D eigenvalue weighted by Crippen LogP contribution is -2.18. The highest BCUT2D eigenvalue weighted by molar-refractivity contribution is 7.13. The number of carbonyl (C=O) groups excluding carboxylic acids is 2. The number of anilines is 1. The van der Waals surface area contributed by atoms with Gasteiger partial charge in [0.2, 0.25) is 5.13 Å². The first-order valence-electron chi connectivity index (χ1n) is 8.77. The fraction of sp³-hybridized carbons (Fsp3) is 0.368. The monoisotopic (exact) mass is 405 g/mol. The Labute approximate surface area is 167 Å². The zero-order valence-corrected chi connectivity index (χ0v) is 16.8. The molecular weight excluding hydrogens is 382 g/mol. The second kappa shape index (κ2) is 11.0. The van der Waals surface area contributed by atoms with Gasteiger partial charge in [0.05, 0.1) is 31.0 Å². The third-order valence-corrected chi connectivity index (χ3v) is 3.96. The first-order valence-corrected chi connectivity index (χ1v) is 9.65. The number of benzene rings is 1. The van der Waals surface area contributed by atoms with Gasteiger partial charge in [0.15, 0.2) is 6.61 Å². The molecule has 0 radical (unpaired) electrons. The maximum Gasteiger partial charge on any atom is 0.344 e. The lowest BCUT2D eigenvalue weighted by molar-refractivity contribution is -0.149. The number of ether oxygens (including phenoxy) is 3. The first kappa shape index (κ1) is 21.4. The van der Waals surface area contributed by atoms with E-state index < -0.39 is 5.97 Å². The highest BCUT2D eigenvalue weighted by Crippen LogP contribution is 2.16. The van der Waals surface area contributed by atoms with E-state index in [0.717, 1.165) is 5.56 Å². The van der Waals surface area contributed by atoms with Crippen LogP contribution in [0, 0.1) is 0 Å². The fourth-order valence-corrected chi connectivity index (χ4v) is 2.71. The molecule has 0 saturated carbocycles. The highest BCUT2D eigenvalue weighted by atomic mass is 32.1.